The van der Waals surface area contributed by atoms with Gasteiger partial charge in [0.25, 0.3) is 5.91 Å². The van der Waals surface area contributed by atoms with Crippen LogP contribution in [0.15, 0.2) is 42.9 Å². The number of methoxy groups -OCH3 is 1. The van der Waals surface area contributed by atoms with Gasteiger partial charge in [-0.3, -0.25) is 4.79 Å². The first-order valence-electron chi connectivity index (χ1n) is 8.10. The molecule has 130 valence electrons. The van der Waals surface area contributed by atoms with Crippen LogP contribution < -0.4 is 10.1 Å². The minimum Gasteiger partial charge on any atom is -0.497 e. The molecule has 0 spiro atoms. The summed E-state index contributed by atoms with van der Waals surface area (Å²) in [5.41, 5.74) is 2.66. The van der Waals surface area contributed by atoms with Crippen LogP contribution in [0, 0.1) is 0 Å². The van der Waals surface area contributed by atoms with Gasteiger partial charge >= 0.3 is 0 Å². The molecule has 2 aromatic heterocycles. The van der Waals surface area contributed by atoms with Crippen molar-refractivity contribution in [3.63, 3.8) is 0 Å². The van der Waals surface area contributed by atoms with Gasteiger partial charge < -0.3 is 14.6 Å². The summed E-state index contributed by atoms with van der Waals surface area (Å²) in [6.07, 6.45) is 3.96. The molecule has 3 rings (SSSR count). The molecule has 0 aliphatic heterocycles. The number of imidazole rings is 1. The summed E-state index contributed by atoms with van der Waals surface area (Å²) in [5.74, 6) is 0.650. The van der Waals surface area contributed by atoms with Crippen molar-refractivity contribution < 1.29 is 9.53 Å². The fraction of sp³-hybridized carbons (Fsp3) is 0.316. The Morgan fingerprint density at radius 3 is 2.84 bits per heavy atom. The van der Waals surface area contributed by atoms with Gasteiger partial charge in [-0.2, -0.15) is 0 Å². The lowest BCUT2D eigenvalue weighted by molar-refractivity contribution is 0.0913. The minimum absolute atomic E-state index is 0.159. The van der Waals surface area contributed by atoms with Crippen LogP contribution in [0.2, 0.25) is 0 Å². The fourth-order valence-corrected chi connectivity index (χ4v) is 2.86. The second-order valence-electron chi connectivity index (χ2n) is 6.79. The molecule has 6 heteroatoms. The van der Waals surface area contributed by atoms with E-state index < -0.39 is 5.54 Å². The Hall–Kier alpha value is -2.89. The van der Waals surface area contributed by atoms with Crippen molar-refractivity contribution in [2.75, 3.05) is 7.11 Å². The van der Waals surface area contributed by atoms with E-state index >= 15 is 0 Å². The standard InChI is InChI=1S/C19H22N4O2/c1-19(2,10-13-6-5-7-15(8-13)25-4)22-18(24)14-9-16-17(20-11-14)23(3)12-21-16/h5-9,11-12H,10H2,1-4H3,(H,22,24). The molecule has 1 N–H and O–H groups in total. The van der Waals surface area contributed by atoms with Crippen LogP contribution in [0.5, 0.6) is 5.75 Å². The second kappa shape index (κ2) is 6.55. The highest BCUT2D eigenvalue weighted by atomic mass is 16.5. The van der Waals surface area contributed by atoms with Gasteiger partial charge in [0.1, 0.15) is 11.3 Å². The number of aryl methyl sites for hydroxylation is 1. The molecule has 0 radical (unpaired) electrons. The number of pyridine rings is 1. The predicted molar refractivity (Wildman–Crippen MR) is 96.8 cm³/mol. The van der Waals surface area contributed by atoms with Crippen LogP contribution in [-0.4, -0.2) is 33.1 Å². The maximum absolute atomic E-state index is 12.6. The normalized spacial score (nSPS) is 11.5. The summed E-state index contributed by atoms with van der Waals surface area (Å²) >= 11 is 0. The summed E-state index contributed by atoms with van der Waals surface area (Å²) in [6.45, 7) is 3.99. The molecule has 6 nitrogen and oxygen atoms in total. The predicted octanol–water partition coefficient (Wildman–Crippen LogP) is 2.73. The first-order chi connectivity index (χ1) is 11.9. The number of rotatable bonds is 5. The number of nitrogens with one attached hydrogen (secondary N) is 1. The number of carbonyl (C=O) groups is 1. The molecule has 0 atom stereocenters. The number of aromatic nitrogens is 3. The Morgan fingerprint density at radius 2 is 2.08 bits per heavy atom. The van der Waals surface area contributed by atoms with Crippen molar-refractivity contribution in [3.05, 3.63) is 54.0 Å². The highest BCUT2D eigenvalue weighted by molar-refractivity contribution is 5.96. The van der Waals surface area contributed by atoms with Crippen molar-refractivity contribution >= 4 is 17.1 Å². The maximum atomic E-state index is 12.6. The van der Waals surface area contributed by atoms with Gasteiger partial charge in [0.05, 0.1) is 19.0 Å². The molecule has 0 saturated carbocycles. The second-order valence-corrected chi connectivity index (χ2v) is 6.79. The van der Waals surface area contributed by atoms with Crippen molar-refractivity contribution in [3.8, 4) is 5.75 Å². The number of nitrogens with zero attached hydrogens (tertiary/aromatic N) is 3. The first-order valence-corrected chi connectivity index (χ1v) is 8.10. The molecule has 0 bridgehead atoms. The van der Waals surface area contributed by atoms with Gasteiger partial charge in [-0.15, -0.1) is 0 Å². The Bertz CT molecular complexity index is 915. The van der Waals surface area contributed by atoms with E-state index in [4.69, 9.17) is 4.74 Å². The average Bonchev–Trinajstić information content (AvgIpc) is 2.94. The minimum atomic E-state index is -0.414. The molecule has 1 amide bonds. The van der Waals surface area contributed by atoms with Gasteiger partial charge in [-0.25, -0.2) is 9.97 Å². The Labute approximate surface area is 146 Å². The molecule has 1 aromatic carbocycles. The Kier molecular flexibility index (Phi) is 4.44. The van der Waals surface area contributed by atoms with Gasteiger partial charge in [0.15, 0.2) is 5.65 Å². The van der Waals surface area contributed by atoms with Gasteiger partial charge in [0, 0.05) is 18.8 Å². The zero-order chi connectivity index (χ0) is 18.0. The van der Waals surface area contributed by atoms with Crippen LogP contribution in [-0.2, 0) is 13.5 Å². The molecule has 2 heterocycles. The van der Waals surface area contributed by atoms with E-state index in [1.807, 2.05) is 49.7 Å². The monoisotopic (exact) mass is 338 g/mol. The lowest BCUT2D eigenvalue weighted by Crippen LogP contribution is -2.45. The topological polar surface area (TPSA) is 69.0 Å². The molecule has 0 aliphatic carbocycles. The summed E-state index contributed by atoms with van der Waals surface area (Å²) < 4.78 is 7.08. The van der Waals surface area contributed by atoms with Crippen molar-refractivity contribution in [2.24, 2.45) is 7.05 Å². The van der Waals surface area contributed by atoms with Crippen LogP contribution in [0.25, 0.3) is 11.2 Å². The summed E-state index contributed by atoms with van der Waals surface area (Å²) in [6, 6.07) is 9.63. The summed E-state index contributed by atoms with van der Waals surface area (Å²) in [7, 11) is 3.52. The van der Waals surface area contributed by atoms with Crippen molar-refractivity contribution in [1.82, 2.24) is 19.9 Å². The van der Waals surface area contributed by atoms with Crippen molar-refractivity contribution in [2.45, 2.75) is 25.8 Å². The third kappa shape index (κ3) is 3.79. The zero-order valence-corrected chi connectivity index (χ0v) is 14.9. The highest BCUT2D eigenvalue weighted by Crippen LogP contribution is 2.19. The molecule has 0 saturated heterocycles. The molecule has 0 fully saturated rings. The van der Waals surface area contributed by atoms with E-state index in [1.165, 1.54) is 0 Å². The largest absolute Gasteiger partial charge is 0.497 e. The molecule has 0 aliphatic rings. The zero-order valence-electron chi connectivity index (χ0n) is 14.9. The molecule has 25 heavy (non-hydrogen) atoms. The van der Waals surface area contributed by atoms with Crippen LogP contribution in [0.1, 0.15) is 29.8 Å². The summed E-state index contributed by atoms with van der Waals surface area (Å²) in [4.78, 5) is 21.2. The first kappa shape index (κ1) is 17.0. The third-order valence-electron chi connectivity index (χ3n) is 4.05. The molecule has 0 unspecified atom stereocenters. The smallest absolute Gasteiger partial charge is 0.253 e. The highest BCUT2D eigenvalue weighted by Gasteiger charge is 2.22. The van der Waals surface area contributed by atoms with E-state index in [-0.39, 0.29) is 5.91 Å². The summed E-state index contributed by atoms with van der Waals surface area (Å²) in [5, 5.41) is 3.08. The van der Waals surface area contributed by atoms with Crippen LogP contribution in [0.4, 0.5) is 0 Å². The number of carbonyl (C=O) groups excluding carboxylic acids is 1. The van der Waals surface area contributed by atoms with Crippen molar-refractivity contribution in [1.29, 1.82) is 0 Å². The number of ether oxygens (including phenoxy) is 1. The van der Waals surface area contributed by atoms with E-state index in [0.717, 1.165) is 17.0 Å². The molecule has 3 aromatic rings. The van der Waals surface area contributed by atoms with E-state index in [2.05, 4.69) is 15.3 Å². The van der Waals surface area contributed by atoms with E-state index in [9.17, 15) is 4.79 Å². The Morgan fingerprint density at radius 1 is 1.28 bits per heavy atom. The Balaban J connectivity index is 1.75. The van der Waals surface area contributed by atoms with Crippen LogP contribution in [0.3, 0.4) is 0 Å². The molecular formula is C19H22N4O2. The lowest BCUT2D eigenvalue weighted by atomic mass is 9.94. The average molecular weight is 338 g/mol. The number of hydrogen-bond acceptors (Lipinski definition) is 4. The van der Waals surface area contributed by atoms with Gasteiger partial charge in [0.2, 0.25) is 0 Å². The van der Waals surface area contributed by atoms with Gasteiger partial charge in [-0.05, 0) is 44.0 Å². The third-order valence-corrected chi connectivity index (χ3v) is 4.05. The SMILES string of the molecule is COc1cccc(CC(C)(C)NC(=O)c2cnc3c(c2)ncn3C)c1. The van der Waals surface area contributed by atoms with E-state index in [1.54, 1.807) is 25.7 Å². The number of hydrogen-bond donors (Lipinski definition) is 1. The lowest BCUT2D eigenvalue weighted by Gasteiger charge is -2.26. The number of fused-ring (bicyclic) bond motifs is 1. The molecular weight excluding hydrogens is 316 g/mol. The maximum Gasteiger partial charge on any atom is 0.253 e. The van der Waals surface area contributed by atoms with Gasteiger partial charge in [-0.1, -0.05) is 12.1 Å². The number of amides is 1. The van der Waals surface area contributed by atoms with E-state index in [0.29, 0.717) is 17.5 Å². The van der Waals surface area contributed by atoms with Crippen LogP contribution >= 0.6 is 0 Å². The quantitative estimate of drug-likeness (QED) is 0.777. The number of benzene rings is 1. The fourth-order valence-electron chi connectivity index (χ4n) is 2.86.